The van der Waals surface area contributed by atoms with E-state index in [9.17, 15) is 9.59 Å². The SMILES string of the molecule is CC(=O)O[C@H]1c2ccccc2CN2C(=O)CCC[C@@H]12. The highest BCUT2D eigenvalue weighted by atomic mass is 16.5. The molecule has 2 aliphatic rings. The molecular formula is C15H17NO3. The van der Waals surface area contributed by atoms with Gasteiger partial charge in [-0.15, -0.1) is 0 Å². The monoisotopic (exact) mass is 259 g/mol. The number of ether oxygens (including phenoxy) is 1. The lowest BCUT2D eigenvalue weighted by Gasteiger charge is -2.44. The molecule has 2 atom stereocenters. The van der Waals surface area contributed by atoms with E-state index in [1.165, 1.54) is 6.92 Å². The molecule has 0 radical (unpaired) electrons. The molecule has 4 nitrogen and oxygen atoms in total. The van der Waals surface area contributed by atoms with Crippen molar-refractivity contribution in [3.05, 3.63) is 35.4 Å². The number of nitrogens with zero attached hydrogens (tertiary/aromatic N) is 1. The molecule has 4 heteroatoms. The van der Waals surface area contributed by atoms with Crippen molar-refractivity contribution in [2.45, 2.75) is 44.9 Å². The molecule has 0 aromatic heterocycles. The number of piperidine rings is 1. The standard InChI is InChI=1S/C15H17NO3/c1-10(17)19-15-12-6-3-2-5-11(12)9-16-13(15)7-4-8-14(16)18/h2-3,5-6,13,15H,4,7-9H2,1H3/t13-,15-/m0/s1. The van der Waals surface area contributed by atoms with E-state index in [-0.39, 0.29) is 24.0 Å². The van der Waals surface area contributed by atoms with Crippen LogP contribution in [0.15, 0.2) is 24.3 Å². The molecule has 0 aliphatic carbocycles. The Morgan fingerprint density at radius 1 is 1.37 bits per heavy atom. The lowest BCUT2D eigenvalue weighted by molar-refractivity contribution is -0.159. The lowest BCUT2D eigenvalue weighted by Crippen LogP contribution is -2.50. The fourth-order valence-electron chi connectivity index (χ4n) is 3.13. The van der Waals surface area contributed by atoms with Crippen molar-refractivity contribution in [1.82, 2.24) is 4.90 Å². The number of hydrogen-bond acceptors (Lipinski definition) is 3. The Morgan fingerprint density at radius 2 is 2.16 bits per heavy atom. The van der Waals surface area contributed by atoms with Gasteiger partial charge in [-0.2, -0.15) is 0 Å². The minimum Gasteiger partial charge on any atom is -0.455 e. The number of amides is 1. The summed E-state index contributed by atoms with van der Waals surface area (Å²) in [5.41, 5.74) is 2.13. The number of benzene rings is 1. The van der Waals surface area contributed by atoms with Crippen molar-refractivity contribution >= 4 is 11.9 Å². The summed E-state index contributed by atoms with van der Waals surface area (Å²) in [6.45, 7) is 2.06. The van der Waals surface area contributed by atoms with Crippen LogP contribution in [0, 0.1) is 0 Å². The molecule has 3 rings (SSSR count). The third-order valence-electron chi connectivity index (χ3n) is 3.96. The van der Waals surface area contributed by atoms with Crippen LogP contribution in [0.4, 0.5) is 0 Å². The molecule has 1 aromatic carbocycles. The minimum absolute atomic E-state index is 0.0000463. The van der Waals surface area contributed by atoms with Crippen molar-refractivity contribution in [2.75, 3.05) is 0 Å². The molecule has 0 spiro atoms. The van der Waals surface area contributed by atoms with E-state index in [1.54, 1.807) is 0 Å². The van der Waals surface area contributed by atoms with Gasteiger partial charge in [-0.05, 0) is 24.0 Å². The second kappa shape index (κ2) is 4.68. The van der Waals surface area contributed by atoms with Crippen molar-refractivity contribution < 1.29 is 14.3 Å². The molecule has 100 valence electrons. The van der Waals surface area contributed by atoms with Gasteiger partial charge in [0.2, 0.25) is 5.91 Å². The Morgan fingerprint density at radius 3 is 2.95 bits per heavy atom. The molecule has 0 bridgehead atoms. The summed E-state index contributed by atoms with van der Waals surface area (Å²) in [5.74, 6) is -0.123. The van der Waals surface area contributed by atoms with Crippen LogP contribution in [0.5, 0.6) is 0 Å². The Bertz CT molecular complexity index is 526. The third kappa shape index (κ3) is 2.11. The van der Waals surface area contributed by atoms with Gasteiger partial charge in [0, 0.05) is 19.9 Å². The van der Waals surface area contributed by atoms with Gasteiger partial charge < -0.3 is 9.64 Å². The predicted molar refractivity (Wildman–Crippen MR) is 69.1 cm³/mol. The normalized spacial score (nSPS) is 25.5. The van der Waals surface area contributed by atoms with E-state index >= 15 is 0 Å². The fourth-order valence-corrected chi connectivity index (χ4v) is 3.13. The molecule has 0 N–H and O–H groups in total. The van der Waals surface area contributed by atoms with Crippen LogP contribution in [0.1, 0.15) is 43.4 Å². The molecule has 1 amide bonds. The first-order chi connectivity index (χ1) is 9.16. The van der Waals surface area contributed by atoms with E-state index < -0.39 is 0 Å². The number of rotatable bonds is 1. The van der Waals surface area contributed by atoms with Gasteiger partial charge in [0.05, 0.1) is 6.04 Å². The van der Waals surface area contributed by atoms with Crippen LogP contribution >= 0.6 is 0 Å². The molecule has 0 unspecified atom stereocenters. The highest BCUT2D eigenvalue weighted by Crippen LogP contribution is 2.39. The quantitative estimate of drug-likeness (QED) is 0.726. The molecule has 2 aliphatic heterocycles. The first-order valence-corrected chi connectivity index (χ1v) is 6.71. The average molecular weight is 259 g/mol. The lowest BCUT2D eigenvalue weighted by atomic mass is 9.85. The van der Waals surface area contributed by atoms with Crippen LogP contribution in [-0.4, -0.2) is 22.8 Å². The van der Waals surface area contributed by atoms with Crippen LogP contribution in [0.25, 0.3) is 0 Å². The van der Waals surface area contributed by atoms with Crippen LogP contribution in [0.2, 0.25) is 0 Å². The van der Waals surface area contributed by atoms with Gasteiger partial charge in [-0.25, -0.2) is 0 Å². The Labute approximate surface area is 112 Å². The summed E-state index contributed by atoms with van der Waals surface area (Å²) in [7, 11) is 0. The van der Waals surface area contributed by atoms with Gasteiger partial charge in [-0.3, -0.25) is 9.59 Å². The van der Waals surface area contributed by atoms with E-state index in [4.69, 9.17) is 4.74 Å². The van der Waals surface area contributed by atoms with Crippen molar-refractivity contribution in [3.8, 4) is 0 Å². The molecule has 19 heavy (non-hydrogen) atoms. The Balaban J connectivity index is 2.02. The van der Waals surface area contributed by atoms with Gasteiger partial charge in [0.25, 0.3) is 0 Å². The molecular weight excluding hydrogens is 242 g/mol. The predicted octanol–water partition coefficient (Wildman–Crippen LogP) is 2.19. The maximum atomic E-state index is 12.1. The minimum atomic E-state index is -0.313. The van der Waals surface area contributed by atoms with E-state index in [1.807, 2.05) is 29.2 Å². The fraction of sp³-hybridized carbons (Fsp3) is 0.467. The molecule has 1 fully saturated rings. The van der Waals surface area contributed by atoms with Crippen LogP contribution in [-0.2, 0) is 20.9 Å². The summed E-state index contributed by atoms with van der Waals surface area (Å²) in [5, 5.41) is 0. The average Bonchev–Trinajstić information content (AvgIpc) is 2.39. The number of fused-ring (bicyclic) bond motifs is 2. The molecule has 0 saturated carbocycles. The highest BCUT2D eigenvalue weighted by Gasteiger charge is 2.40. The number of esters is 1. The van der Waals surface area contributed by atoms with E-state index in [0.29, 0.717) is 13.0 Å². The largest absolute Gasteiger partial charge is 0.455 e. The summed E-state index contributed by atoms with van der Waals surface area (Å²) in [4.78, 5) is 25.3. The molecule has 1 saturated heterocycles. The first-order valence-electron chi connectivity index (χ1n) is 6.71. The van der Waals surface area contributed by atoms with Gasteiger partial charge >= 0.3 is 5.97 Å². The zero-order chi connectivity index (χ0) is 13.4. The number of hydrogen-bond donors (Lipinski definition) is 0. The zero-order valence-corrected chi connectivity index (χ0v) is 11.0. The number of carbonyl (C=O) groups excluding carboxylic acids is 2. The summed E-state index contributed by atoms with van der Waals surface area (Å²) < 4.78 is 5.50. The van der Waals surface area contributed by atoms with Gasteiger partial charge in [0.15, 0.2) is 0 Å². The van der Waals surface area contributed by atoms with E-state index in [0.717, 1.165) is 24.0 Å². The summed E-state index contributed by atoms with van der Waals surface area (Å²) in [6, 6.07) is 7.91. The molecule has 1 aromatic rings. The Kier molecular flexibility index (Phi) is 3.01. The number of carbonyl (C=O) groups is 2. The second-order valence-corrected chi connectivity index (χ2v) is 5.21. The third-order valence-corrected chi connectivity index (χ3v) is 3.96. The highest BCUT2D eigenvalue weighted by molar-refractivity contribution is 5.78. The van der Waals surface area contributed by atoms with Crippen molar-refractivity contribution in [3.63, 3.8) is 0 Å². The van der Waals surface area contributed by atoms with Gasteiger partial charge in [-0.1, -0.05) is 24.3 Å². The maximum absolute atomic E-state index is 12.1. The van der Waals surface area contributed by atoms with Crippen LogP contribution < -0.4 is 0 Å². The summed E-state index contributed by atoms with van der Waals surface area (Å²) in [6.07, 6.45) is 2.07. The smallest absolute Gasteiger partial charge is 0.303 e. The maximum Gasteiger partial charge on any atom is 0.303 e. The van der Waals surface area contributed by atoms with E-state index in [2.05, 4.69) is 0 Å². The second-order valence-electron chi connectivity index (χ2n) is 5.21. The first kappa shape index (κ1) is 12.2. The van der Waals surface area contributed by atoms with Crippen molar-refractivity contribution in [1.29, 1.82) is 0 Å². The Hall–Kier alpha value is -1.84. The zero-order valence-electron chi connectivity index (χ0n) is 11.0. The van der Waals surface area contributed by atoms with Crippen LogP contribution in [0.3, 0.4) is 0 Å². The molecule has 2 heterocycles. The summed E-state index contributed by atoms with van der Waals surface area (Å²) >= 11 is 0. The topological polar surface area (TPSA) is 46.6 Å². The van der Waals surface area contributed by atoms with Crippen molar-refractivity contribution in [2.24, 2.45) is 0 Å². The van der Waals surface area contributed by atoms with Gasteiger partial charge in [0.1, 0.15) is 6.10 Å².